The largest absolute Gasteiger partial charge is 0.147 e. The van der Waals surface area contributed by atoms with E-state index in [1.807, 2.05) is 0 Å². The van der Waals surface area contributed by atoms with E-state index < -0.39 is 6.46 Å². The van der Waals surface area contributed by atoms with Gasteiger partial charge in [-0.1, -0.05) is 0 Å². The van der Waals surface area contributed by atoms with Crippen molar-refractivity contribution in [3.63, 3.8) is 0 Å². The monoisotopic (exact) mass is 263 g/mol. The number of benzene rings is 1. The summed E-state index contributed by atoms with van der Waals surface area (Å²) in [5, 5.41) is 1.51. The molecule has 0 unspecified atom stereocenters. The van der Waals surface area contributed by atoms with Crippen molar-refractivity contribution in [1.29, 1.82) is 0 Å². The Morgan fingerprint density at radius 1 is 1.13 bits per heavy atom. The molecule has 1 aliphatic heterocycles. The van der Waals surface area contributed by atoms with Gasteiger partial charge in [0, 0.05) is 0 Å². The Morgan fingerprint density at radius 2 is 1.67 bits per heavy atom. The van der Waals surface area contributed by atoms with Crippen LogP contribution in [-0.2, 0) is 0 Å². The van der Waals surface area contributed by atoms with Gasteiger partial charge in [-0.25, -0.2) is 0 Å². The minimum atomic E-state index is -1.40. The van der Waals surface area contributed by atoms with Crippen LogP contribution < -0.4 is 5.30 Å². The Labute approximate surface area is 104 Å². The molecular formula is C11H19ClNPS. The van der Waals surface area contributed by atoms with Gasteiger partial charge in [0.2, 0.25) is 0 Å². The summed E-state index contributed by atoms with van der Waals surface area (Å²) in [4.78, 5) is 2.41. The molecule has 0 amide bonds. The number of nitrogens with zero attached hydrogens (tertiary/aromatic N) is 1. The topological polar surface area (TPSA) is 3.24 Å². The summed E-state index contributed by atoms with van der Waals surface area (Å²) in [6.07, 6.45) is 2.58. The van der Waals surface area contributed by atoms with E-state index in [4.69, 9.17) is 12.2 Å². The first-order valence-electron chi connectivity index (χ1n) is 5.17. The molecule has 15 heavy (non-hydrogen) atoms. The predicted octanol–water partition coefficient (Wildman–Crippen LogP) is 2.27. The number of hydrogen-bond donors (Lipinski definition) is 1. The van der Waals surface area contributed by atoms with E-state index in [0.29, 0.717) is 0 Å². The van der Waals surface area contributed by atoms with Crippen molar-refractivity contribution in [2.45, 2.75) is 0 Å². The fraction of sp³-hybridized carbons (Fsp3) is 0.455. The van der Waals surface area contributed by atoms with Crippen molar-refractivity contribution in [2.75, 3.05) is 32.5 Å². The first-order valence-corrected chi connectivity index (χ1v) is 8.87. The zero-order valence-corrected chi connectivity index (χ0v) is 11.7. The van der Waals surface area contributed by atoms with Gasteiger partial charge in [-0.2, -0.15) is 0 Å². The Morgan fingerprint density at radius 3 is 2.20 bits per heavy atom. The van der Waals surface area contributed by atoms with Gasteiger partial charge in [-0.05, 0) is 0 Å². The van der Waals surface area contributed by atoms with Gasteiger partial charge in [0.15, 0.2) is 0 Å². The van der Waals surface area contributed by atoms with E-state index >= 15 is 0 Å². The number of rotatable bonds is 1. The molecule has 1 aliphatic rings. The maximum absolute atomic E-state index is 4.99. The maximum Gasteiger partial charge on any atom is -0.147 e. The zero-order chi connectivity index (χ0) is 10.0. The number of halogens is 1. The summed E-state index contributed by atoms with van der Waals surface area (Å²) in [5.74, 6) is 0. The molecule has 1 heterocycles. The fourth-order valence-electron chi connectivity index (χ4n) is 2.03. The third-order valence-electron chi connectivity index (χ3n) is 3.13. The van der Waals surface area contributed by atoms with E-state index in [0.717, 1.165) is 0 Å². The van der Waals surface area contributed by atoms with Gasteiger partial charge in [-0.15, -0.1) is 12.4 Å². The maximum atomic E-state index is 4.99. The summed E-state index contributed by atoms with van der Waals surface area (Å²) < 4.78 is 0. The van der Waals surface area contributed by atoms with Crippen LogP contribution >= 0.6 is 31.1 Å². The molecule has 0 bridgehead atoms. The van der Waals surface area contributed by atoms with Crippen LogP contribution in [0.5, 0.6) is 0 Å². The minimum absolute atomic E-state index is 0. The van der Waals surface area contributed by atoms with Crippen LogP contribution in [0.2, 0.25) is 0 Å². The van der Waals surface area contributed by atoms with E-state index in [2.05, 4.69) is 42.3 Å². The molecule has 1 fully saturated rings. The molecule has 1 saturated heterocycles. The van der Waals surface area contributed by atoms with Crippen molar-refractivity contribution >= 4 is 36.4 Å². The fourth-order valence-corrected chi connectivity index (χ4v) is 6.22. The number of hydrogen-bond acceptors (Lipinski definition) is 2. The summed E-state index contributed by atoms with van der Waals surface area (Å²) in [7, 11) is 2.20. The molecule has 0 N–H and O–H groups in total. The molecular weight excluding hydrogens is 245 g/mol. The molecule has 0 atom stereocenters. The normalized spacial score (nSPS) is 22.8. The molecule has 1 aromatic carbocycles. The molecule has 0 radical (unpaired) electrons. The average Bonchev–Trinajstić information content (AvgIpc) is 2.24. The van der Waals surface area contributed by atoms with Crippen molar-refractivity contribution in [3.05, 3.63) is 30.3 Å². The van der Waals surface area contributed by atoms with Crippen molar-refractivity contribution in [3.8, 4) is 0 Å². The molecule has 0 aromatic heterocycles. The van der Waals surface area contributed by atoms with Crippen molar-refractivity contribution in [1.82, 2.24) is 4.90 Å². The first kappa shape index (κ1) is 13.3. The first-order chi connectivity index (χ1) is 6.71. The third-order valence-corrected chi connectivity index (χ3v) is 8.75. The van der Waals surface area contributed by atoms with Crippen LogP contribution in [0.1, 0.15) is 0 Å². The standard InChI is InChI=1S/C11H18NPS.ClH/c1-12-7-9-13(14,10-8-12)11-5-3-2-4-6-11;/h2-6,13-14H,7-10H2,1H3;1H. The van der Waals surface area contributed by atoms with Gasteiger partial charge in [0.1, 0.15) is 0 Å². The quantitative estimate of drug-likeness (QED) is 0.601. The van der Waals surface area contributed by atoms with Crippen LogP contribution in [0.3, 0.4) is 0 Å². The van der Waals surface area contributed by atoms with E-state index in [-0.39, 0.29) is 12.4 Å². The Hall–Kier alpha value is 0.250. The molecule has 0 saturated carbocycles. The zero-order valence-electron chi connectivity index (χ0n) is 9.02. The minimum Gasteiger partial charge on any atom is -0.147 e. The van der Waals surface area contributed by atoms with Crippen LogP contribution in [0.25, 0.3) is 0 Å². The van der Waals surface area contributed by atoms with E-state index in [1.165, 1.54) is 30.7 Å². The van der Waals surface area contributed by atoms with Crippen LogP contribution in [-0.4, -0.2) is 37.4 Å². The third kappa shape index (κ3) is 3.10. The molecule has 0 spiro atoms. The van der Waals surface area contributed by atoms with Crippen molar-refractivity contribution in [2.24, 2.45) is 0 Å². The van der Waals surface area contributed by atoms with E-state index in [9.17, 15) is 0 Å². The summed E-state index contributed by atoms with van der Waals surface area (Å²) in [5.41, 5.74) is 0. The Bertz CT molecular complexity index is 299. The Kier molecular flexibility index (Phi) is 4.92. The molecule has 1 aromatic rings. The second-order valence-electron chi connectivity index (χ2n) is 4.20. The van der Waals surface area contributed by atoms with Crippen LogP contribution in [0.4, 0.5) is 0 Å². The molecule has 1 nitrogen and oxygen atoms in total. The number of thiol groups is 1. The second-order valence-corrected chi connectivity index (χ2v) is 10.4. The molecule has 4 heteroatoms. The summed E-state index contributed by atoms with van der Waals surface area (Å²) >= 11 is 4.99. The van der Waals surface area contributed by atoms with Gasteiger partial charge >= 0.3 is 91.7 Å². The molecule has 0 aliphatic carbocycles. The van der Waals surface area contributed by atoms with E-state index in [1.54, 1.807) is 0 Å². The van der Waals surface area contributed by atoms with Crippen molar-refractivity contribution < 1.29 is 0 Å². The summed E-state index contributed by atoms with van der Waals surface area (Å²) in [6, 6.07) is 10.9. The SMILES string of the molecule is CN1CC[PH](S)(c2ccccc2)CC1.Cl. The second kappa shape index (κ2) is 5.54. The smallest absolute Gasteiger partial charge is 0.147 e. The average molecular weight is 264 g/mol. The van der Waals surface area contributed by atoms with Gasteiger partial charge in [0.05, 0.1) is 0 Å². The van der Waals surface area contributed by atoms with Crippen LogP contribution in [0, 0.1) is 0 Å². The Balaban J connectivity index is 0.00000112. The van der Waals surface area contributed by atoms with Gasteiger partial charge < -0.3 is 0 Å². The van der Waals surface area contributed by atoms with Gasteiger partial charge in [-0.3, -0.25) is 0 Å². The predicted molar refractivity (Wildman–Crippen MR) is 77.9 cm³/mol. The summed E-state index contributed by atoms with van der Waals surface area (Å²) in [6.45, 7) is 1.02. The van der Waals surface area contributed by atoms with Crippen LogP contribution in [0.15, 0.2) is 30.3 Å². The molecule has 86 valence electrons. The molecule has 2 rings (SSSR count). The van der Waals surface area contributed by atoms with Gasteiger partial charge in [0.25, 0.3) is 0 Å².